The van der Waals surface area contributed by atoms with Gasteiger partial charge in [-0.2, -0.15) is 4.98 Å². The summed E-state index contributed by atoms with van der Waals surface area (Å²) in [4.78, 5) is 16.8. The SMILES string of the molecule is CC(C)Oc1cccc(-c2[nH]c(=O)ncc2F)c1. The molecule has 0 aliphatic rings. The Hall–Kier alpha value is -2.17. The molecule has 0 spiro atoms. The van der Waals surface area contributed by atoms with Gasteiger partial charge in [-0.1, -0.05) is 12.1 Å². The number of benzene rings is 1. The van der Waals surface area contributed by atoms with Crippen molar-refractivity contribution in [3.05, 3.63) is 46.8 Å². The molecule has 0 bridgehead atoms. The fourth-order valence-electron chi connectivity index (χ4n) is 1.59. The fraction of sp³-hybridized carbons (Fsp3) is 0.231. The average molecular weight is 248 g/mol. The highest BCUT2D eigenvalue weighted by Gasteiger charge is 2.08. The topological polar surface area (TPSA) is 55.0 Å². The lowest BCUT2D eigenvalue weighted by atomic mass is 10.1. The molecular formula is C13H13FN2O2. The highest BCUT2D eigenvalue weighted by Crippen LogP contribution is 2.23. The molecule has 4 nitrogen and oxygen atoms in total. The zero-order valence-corrected chi connectivity index (χ0v) is 10.1. The molecular weight excluding hydrogens is 235 g/mol. The summed E-state index contributed by atoms with van der Waals surface area (Å²) in [5, 5.41) is 0. The van der Waals surface area contributed by atoms with Gasteiger partial charge in [-0.3, -0.25) is 0 Å². The van der Waals surface area contributed by atoms with Gasteiger partial charge in [-0.25, -0.2) is 9.18 Å². The van der Waals surface area contributed by atoms with Crippen LogP contribution < -0.4 is 10.4 Å². The number of ether oxygens (including phenoxy) is 1. The average Bonchev–Trinajstić information content (AvgIpc) is 2.32. The van der Waals surface area contributed by atoms with Crippen LogP contribution >= 0.6 is 0 Å². The first-order valence-electron chi connectivity index (χ1n) is 5.58. The van der Waals surface area contributed by atoms with Gasteiger partial charge in [-0.05, 0) is 26.0 Å². The number of rotatable bonds is 3. The summed E-state index contributed by atoms with van der Waals surface area (Å²) in [6.45, 7) is 3.81. The van der Waals surface area contributed by atoms with E-state index in [4.69, 9.17) is 4.74 Å². The van der Waals surface area contributed by atoms with Crippen LogP contribution in [0.2, 0.25) is 0 Å². The van der Waals surface area contributed by atoms with Gasteiger partial charge in [0.1, 0.15) is 5.75 Å². The van der Waals surface area contributed by atoms with Crippen molar-refractivity contribution in [3.63, 3.8) is 0 Å². The molecule has 0 aliphatic heterocycles. The highest BCUT2D eigenvalue weighted by atomic mass is 19.1. The van der Waals surface area contributed by atoms with E-state index < -0.39 is 11.5 Å². The molecule has 94 valence electrons. The maximum Gasteiger partial charge on any atom is 0.345 e. The van der Waals surface area contributed by atoms with E-state index in [9.17, 15) is 9.18 Å². The quantitative estimate of drug-likeness (QED) is 0.907. The van der Waals surface area contributed by atoms with E-state index in [1.165, 1.54) is 0 Å². The van der Waals surface area contributed by atoms with Gasteiger partial charge >= 0.3 is 5.69 Å². The van der Waals surface area contributed by atoms with Crippen LogP contribution in [0.4, 0.5) is 4.39 Å². The normalized spacial score (nSPS) is 10.7. The maximum absolute atomic E-state index is 13.6. The monoisotopic (exact) mass is 248 g/mol. The fourth-order valence-corrected chi connectivity index (χ4v) is 1.59. The molecule has 0 fully saturated rings. The Morgan fingerprint density at radius 1 is 1.39 bits per heavy atom. The summed E-state index contributed by atoms with van der Waals surface area (Å²) in [6, 6.07) is 6.89. The molecule has 5 heteroatoms. The van der Waals surface area contributed by atoms with E-state index in [1.54, 1.807) is 24.3 Å². The smallest absolute Gasteiger partial charge is 0.345 e. The molecule has 0 aliphatic carbocycles. The molecule has 0 radical (unpaired) electrons. The van der Waals surface area contributed by atoms with Crippen LogP contribution in [0.1, 0.15) is 13.8 Å². The Bertz CT molecular complexity index is 608. The van der Waals surface area contributed by atoms with E-state index in [0.29, 0.717) is 11.3 Å². The highest BCUT2D eigenvalue weighted by molar-refractivity contribution is 5.61. The van der Waals surface area contributed by atoms with Crippen molar-refractivity contribution < 1.29 is 9.13 Å². The van der Waals surface area contributed by atoms with Crippen molar-refractivity contribution in [2.24, 2.45) is 0 Å². The van der Waals surface area contributed by atoms with Crippen LogP contribution in [0, 0.1) is 5.82 Å². The predicted octanol–water partition coefficient (Wildman–Crippen LogP) is 2.36. The van der Waals surface area contributed by atoms with Gasteiger partial charge in [0, 0.05) is 5.56 Å². The molecule has 0 atom stereocenters. The van der Waals surface area contributed by atoms with Gasteiger partial charge < -0.3 is 9.72 Å². The lowest BCUT2D eigenvalue weighted by molar-refractivity contribution is 0.242. The Balaban J connectivity index is 2.44. The number of H-pyrrole nitrogens is 1. The Morgan fingerprint density at radius 3 is 2.89 bits per heavy atom. The lowest BCUT2D eigenvalue weighted by Crippen LogP contribution is -2.12. The van der Waals surface area contributed by atoms with E-state index >= 15 is 0 Å². The molecule has 0 saturated carbocycles. The minimum atomic E-state index is -0.582. The minimum Gasteiger partial charge on any atom is -0.491 e. The van der Waals surface area contributed by atoms with Crippen molar-refractivity contribution in [1.29, 1.82) is 0 Å². The van der Waals surface area contributed by atoms with E-state index in [2.05, 4.69) is 9.97 Å². The second-order valence-corrected chi connectivity index (χ2v) is 4.11. The third-order valence-corrected chi connectivity index (χ3v) is 2.26. The number of hydrogen-bond acceptors (Lipinski definition) is 3. The van der Waals surface area contributed by atoms with Crippen LogP contribution in [-0.2, 0) is 0 Å². The molecule has 1 aromatic heterocycles. The van der Waals surface area contributed by atoms with E-state index in [-0.39, 0.29) is 11.8 Å². The van der Waals surface area contributed by atoms with E-state index in [1.807, 2.05) is 13.8 Å². The summed E-state index contributed by atoms with van der Waals surface area (Å²) in [7, 11) is 0. The van der Waals surface area contributed by atoms with Gasteiger partial charge in [0.15, 0.2) is 5.82 Å². The molecule has 1 heterocycles. The third-order valence-electron chi connectivity index (χ3n) is 2.26. The molecule has 18 heavy (non-hydrogen) atoms. The second-order valence-electron chi connectivity index (χ2n) is 4.11. The third kappa shape index (κ3) is 2.74. The molecule has 0 amide bonds. The van der Waals surface area contributed by atoms with Crippen LogP contribution in [-0.4, -0.2) is 16.1 Å². The van der Waals surface area contributed by atoms with E-state index in [0.717, 1.165) is 6.20 Å². The maximum atomic E-state index is 13.6. The number of aromatic nitrogens is 2. The molecule has 2 aromatic rings. The van der Waals surface area contributed by atoms with Crippen LogP contribution in [0.5, 0.6) is 5.75 Å². The summed E-state index contributed by atoms with van der Waals surface area (Å²) >= 11 is 0. The van der Waals surface area contributed by atoms with Gasteiger partial charge in [0.05, 0.1) is 18.0 Å². The van der Waals surface area contributed by atoms with Crippen molar-refractivity contribution in [1.82, 2.24) is 9.97 Å². The standard InChI is InChI=1S/C13H13FN2O2/c1-8(2)18-10-5-3-4-9(6-10)12-11(14)7-15-13(17)16-12/h3-8H,1-2H3,(H,15,16,17). The molecule has 2 rings (SSSR count). The van der Waals surface area contributed by atoms with Crippen molar-refractivity contribution >= 4 is 0 Å². The lowest BCUT2D eigenvalue weighted by Gasteiger charge is -2.11. The number of nitrogens with zero attached hydrogens (tertiary/aromatic N) is 1. The van der Waals surface area contributed by atoms with Gasteiger partial charge in [0.2, 0.25) is 0 Å². The van der Waals surface area contributed by atoms with Gasteiger partial charge in [-0.15, -0.1) is 0 Å². The largest absolute Gasteiger partial charge is 0.491 e. The van der Waals surface area contributed by atoms with Crippen molar-refractivity contribution in [3.8, 4) is 17.0 Å². The summed E-state index contributed by atoms with van der Waals surface area (Å²) in [5.41, 5.74) is 0.0796. The summed E-state index contributed by atoms with van der Waals surface area (Å²) in [6.07, 6.45) is 0.936. The Labute approximate surface area is 103 Å². The number of hydrogen-bond donors (Lipinski definition) is 1. The first-order valence-corrected chi connectivity index (χ1v) is 5.58. The number of halogens is 1. The predicted molar refractivity (Wildman–Crippen MR) is 66.0 cm³/mol. The van der Waals surface area contributed by atoms with Crippen molar-refractivity contribution in [2.45, 2.75) is 20.0 Å². The second kappa shape index (κ2) is 5.00. The van der Waals surface area contributed by atoms with Crippen LogP contribution in [0.3, 0.4) is 0 Å². The zero-order valence-electron chi connectivity index (χ0n) is 10.1. The Morgan fingerprint density at radius 2 is 2.17 bits per heavy atom. The molecule has 0 unspecified atom stereocenters. The molecule has 1 aromatic carbocycles. The zero-order chi connectivity index (χ0) is 13.1. The minimum absolute atomic E-state index is 0.0292. The first kappa shape index (κ1) is 12.3. The van der Waals surface area contributed by atoms with Crippen LogP contribution in [0.25, 0.3) is 11.3 Å². The van der Waals surface area contributed by atoms with Crippen LogP contribution in [0.15, 0.2) is 35.3 Å². The summed E-state index contributed by atoms with van der Waals surface area (Å²) in [5.74, 6) is 0.0517. The first-order chi connectivity index (χ1) is 8.56. The molecule has 1 N–H and O–H groups in total. The number of aromatic amines is 1. The molecule has 0 saturated heterocycles. The summed E-state index contributed by atoms with van der Waals surface area (Å²) < 4.78 is 19.1. The Kier molecular flexibility index (Phi) is 3.41. The van der Waals surface area contributed by atoms with Gasteiger partial charge in [0.25, 0.3) is 0 Å². The van der Waals surface area contributed by atoms with Crippen molar-refractivity contribution in [2.75, 3.05) is 0 Å². The number of nitrogens with one attached hydrogen (secondary N) is 1.